The Morgan fingerprint density at radius 3 is 2.43 bits per heavy atom. The zero-order valence-electron chi connectivity index (χ0n) is 18.7. The van der Waals surface area contributed by atoms with Crippen LogP contribution in [0.25, 0.3) is 0 Å². The minimum absolute atomic E-state index is 0.0838. The monoisotopic (exact) mass is 417 g/mol. The predicted octanol–water partition coefficient (Wildman–Crippen LogP) is 3.13. The van der Waals surface area contributed by atoms with Gasteiger partial charge in [0.2, 0.25) is 5.91 Å². The molecule has 0 N–H and O–H groups in total. The molecule has 7 heteroatoms. The maximum absolute atomic E-state index is 13.0. The molecule has 2 saturated heterocycles. The number of nitrogens with zero attached hydrogens (tertiary/aromatic N) is 3. The van der Waals surface area contributed by atoms with Gasteiger partial charge in [0.1, 0.15) is 5.60 Å². The number of likely N-dealkylation sites (tertiary alicyclic amines) is 1. The van der Waals surface area contributed by atoms with Gasteiger partial charge in [0.25, 0.3) is 0 Å². The topological polar surface area (TPSA) is 62.3 Å². The zero-order valence-corrected chi connectivity index (χ0v) is 18.7. The van der Waals surface area contributed by atoms with Gasteiger partial charge < -0.3 is 24.2 Å². The highest BCUT2D eigenvalue weighted by Crippen LogP contribution is 2.22. The number of hydrogen-bond donors (Lipinski definition) is 0. The molecule has 0 unspecified atom stereocenters. The van der Waals surface area contributed by atoms with Gasteiger partial charge in [-0.2, -0.15) is 0 Å². The van der Waals surface area contributed by atoms with E-state index in [1.165, 1.54) is 5.69 Å². The molecule has 0 aliphatic carbocycles. The standard InChI is InChI=1S/C23H35N3O4/c1-23(2,3)30-22(28)26-11-5-6-19(17-26)21(27)24(4)16-18-7-9-20(10-8-18)25-12-14-29-15-13-25/h7-10,19H,5-6,11-17H2,1-4H3/t19-/m0/s1. The number of morpholine rings is 1. The highest BCUT2D eigenvalue weighted by atomic mass is 16.6. The fourth-order valence-corrected chi connectivity index (χ4v) is 3.97. The van der Waals surface area contributed by atoms with Crippen molar-refractivity contribution < 1.29 is 19.1 Å². The van der Waals surface area contributed by atoms with Crippen LogP contribution in [0.3, 0.4) is 0 Å². The average Bonchev–Trinajstić information content (AvgIpc) is 2.73. The summed E-state index contributed by atoms with van der Waals surface area (Å²) in [7, 11) is 1.84. The van der Waals surface area contributed by atoms with Crippen LogP contribution in [0.5, 0.6) is 0 Å². The van der Waals surface area contributed by atoms with Gasteiger partial charge in [0, 0.05) is 45.5 Å². The molecule has 0 spiro atoms. The van der Waals surface area contributed by atoms with Crippen LogP contribution in [-0.2, 0) is 20.8 Å². The first-order chi connectivity index (χ1) is 14.2. The van der Waals surface area contributed by atoms with E-state index in [-0.39, 0.29) is 17.9 Å². The van der Waals surface area contributed by atoms with Crippen molar-refractivity contribution in [1.29, 1.82) is 0 Å². The number of carbonyl (C=O) groups excluding carboxylic acids is 2. The van der Waals surface area contributed by atoms with Crippen molar-refractivity contribution in [1.82, 2.24) is 9.80 Å². The van der Waals surface area contributed by atoms with E-state index in [9.17, 15) is 9.59 Å². The maximum Gasteiger partial charge on any atom is 0.410 e. The summed E-state index contributed by atoms with van der Waals surface area (Å²) in [6, 6.07) is 8.40. The second-order valence-electron chi connectivity index (χ2n) is 9.23. The van der Waals surface area contributed by atoms with E-state index in [0.29, 0.717) is 19.6 Å². The first-order valence-electron chi connectivity index (χ1n) is 10.9. The molecule has 2 fully saturated rings. The molecule has 0 saturated carbocycles. The summed E-state index contributed by atoms with van der Waals surface area (Å²) in [5.41, 5.74) is 1.76. The van der Waals surface area contributed by atoms with E-state index in [1.54, 1.807) is 9.80 Å². The minimum atomic E-state index is -0.530. The number of hydrogen-bond acceptors (Lipinski definition) is 5. The quantitative estimate of drug-likeness (QED) is 0.753. The van der Waals surface area contributed by atoms with E-state index in [0.717, 1.165) is 44.7 Å². The number of carbonyl (C=O) groups is 2. The lowest BCUT2D eigenvalue weighted by molar-refractivity contribution is -0.136. The first kappa shape index (κ1) is 22.4. The van der Waals surface area contributed by atoms with E-state index < -0.39 is 5.60 Å². The van der Waals surface area contributed by atoms with Gasteiger partial charge in [0.05, 0.1) is 19.1 Å². The molecule has 0 radical (unpaired) electrons. The van der Waals surface area contributed by atoms with Crippen molar-refractivity contribution in [2.75, 3.05) is 51.3 Å². The summed E-state index contributed by atoms with van der Waals surface area (Å²) in [6.45, 7) is 10.5. The van der Waals surface area contributed by atoms with Gasteiger partial charge >= 0.3 is 6.09 Å². The highest BCUT2D eigenvalue weighted by Gasteiger charge is 2.32. The first-order valence-corrected chi connectivity index (χ1v) is 10.9. The number of benzene rings is 1. The van der Waals surface area contributed by atoms with Crippen LogP contribution in [0.2, 0.25) is 0 Å². The summed E-state index contributed by atoms with van der Waals surface area (Å²) < 4.78 is 10.9. The Bertz CT molecular complexity index is 723. The lowest BCUT2D eigenvalue weighted by Gasteiger charge is -2.35. The summed E-state index contributed by atoms with van der Waals surface area (Å²) in [6.07, 6.45) is 1.29. The SMILES string of the molecule is CN(Cc1ccc(N2CCOCC2)cc1)C(=O)[C@H]1CCCN(C(=O)OC(C)(C)C)C1. The fourth-order valence-electron chi connectivity index (χ4n) is 3.97. The Hall–Kier alpha value is -2.28. The van der Waals surface area contributed by atoms with E-state index in [4.69, 9.17) is 9.47 Å². The third kappa shape index (κ3) is 6.11. The third-order valence-electron chi connectivity index (χ3n) is 5.53. The van der Waals surface area contributed by atoms with Gasteiger partial charge in [-0.1, -0.05) is 12.1 Å². The number of ether oxygens (including phenoxy) is 2. The lowest BCUT2D eigenvalue weighted by atomic mass is 9.96. The molecule has 1 aromatic carbocycles. The van der Waals surface area contributed by atoms with Crippen molar-refractivity contribution in [3.63, 3.8) is 0 Å². The van der Waals surface area contributed by atoms with Crippen LogP contribution in [0, 0.1) is 5.92 Å². The van der Waals surface area contributed by atoms with E-state index >= 15 is 0 Å². The van der Waals surface area contributed by atoms with Crippen LogP contribution in [0.15, 0.2) is 24.3 Å². The Kier molecular flexibility index (Phi) is 7.23. The van der Waals surface area contributed by atoms with Crippen LogP contribution < -0.4 is 4.90 Å². The van der Waals surface area contributed by atoms with E-state index in [2.05, 4.69) is 29.2 Å². The molecule has 2 heterocycles. The normalized spacial score (nSPS) is 20.1. The molecule has 2 aliphatic rings. The number of anilines is 1. The fraction of sp³-hybridized carbons (Fsp3) is 0.652. The largest absolute Gasteiger partial charge is 0.444 e. The molecule has 2 aliphatic heterocycles. The maximum atomic E-state index is 13.0. The molecule has 0 bridgehead atoms. The van der Waals surface area contributed by atoms with Crippen LogP contribution >= 0.6 is 0 Å². The Morgan fingerprint density at radius 2 is 1.80 bits per heavy atom. The van der Waals surface area contributed by atoms with Gasteiger partial charge in [-0.05, 0) is 51.3 Å². The average molecular weight is 418 g/mol. The van der Waals surface area contributed by atoms with Crippen molar-refractivity contribution in [2.45, 2.75) is 45.8 Å². The van der Waals surface area contributed by atoms with Crippen LogP contribution in [-0.4, -0.2) is 73.8 Å². The minimum Gasteiger partial charge on any atom is -0.444 e. The molecule has 166 valence electrons. The van der Waals surface area contributed by atoms with Crippen LogP contribution in [0.1, 0.15) is 39.2 Å². The molecule has 0 aromatic heterocycles. The number of amides is 2. The number of piperidine rings is 1. The molecule has 3 rings (SSSR count). The predicted molar refractivity (Wildman–Crippen MR) is 116 cm³/mol. The molecule has 7 nitrogen and oxygen atoms in total. The Balaban J connectivity index is 1.54. The second kappa shape index (κ2) is 9.69. The summed E-state index contributed by atoms with van der Waals surface area (Å²) >= 11 is 0. The third-order valence-corrected chi connectivity index (χ3v) is 5.53. The smallest absolute Gasteiger partial charge is 0.410 e. The van der Waals surface area contributed by atoms with E-state index in [1.807, 2.05) is 27.8 Å². The van der Waals surface area contributed by atoms with Gasteiger partial charge in [-0.25, -0.2) is 4.79 Å². The van der Waals surface area contributed by atoms with Gasteiger partial charge in [0.15, 0.2) is 0 Å². The molecule has 1 atom stereocenters. The van der Waals surface area contributed by atoms with Crippen molar-refractivity contribution >= 4 is 17.7 Å². The van der Waals surface area contributed by atoms with Crippen molar-refractivity contribution in [3.8, 4) is 0 Å². The molecular weight excluding hydrogens is 382 g/mol. The summed E-state index contributed by atoms with van der Waals surface area (Å²) in [5.74, 6) is -0.0931. The Morgan fingerprint density at radius 1 is 1.13 bits per heavy atom. The van der Waals surface area contributed by atoms with Crippen molar-refractivity contribution in [2.24, 2.45) is 5.92 Å². The molecule has 2 amide bonds. The zero-order chi connectivity index (χ0) is 21.7. The highest BCUT2D eigenvalue weighted by molar-refractivity contribution is 5.80. The lowest BCUT2D eigenvalue weighted by Crippen LogP contribution is -2.47. The summed E-state index contributed by atoms with van der Waals surface area (Å²) in [5, 5.41) is 0. The number of rotatable bonds is 4. The molecule has 1 aromatic rings. The molecule has 30 heavy (non-hydrogen) atoms. The second-order valence-corrected chi connectivity index (χ2v) is 9.23. The Labute approximate surface area is 179 Å². The van der Waals surface area contributed by atoms with Crippen LogP contribution in [0.4, 0.5) is 10.5 Å². The van der Waals surface area contributed by atoms with Gasteiger partial charge in [-0.15, -0.1) is 0 Å². The van der Waals surface area contributed by atoms with Crippen molar-refractivity contribution in [3.05, 3.63) is 29.8 Å². The van der Waals surface area contributed by atoms with Gasteiger partial charge in [-0.3, -0.25) is 4.79 Å². The summed E-state index contributed by atoms with van der Waals surface area (Å²) in [4.78, 5) is 31.1. The molecular formula is C23H35N3O4.